The van der Waals surface area contributed by atoms with E-state index in [0.29, 0.717) is 23.0 Å². The van der Waals surface area contributed by atoms with Gasteiger partial charge in [0.1, 0.15) is 22.3 Å². The Kier molecular flexibility index (Phi) is 7.94. The topological polar surface area (TPSA) is 96.9 Å². The van der Waals surface area contributed by atoms with Gasteiger partial charge in [0.15, 0.2) is 0 Å². The number of likely N-dealkylation sites (N-methyl/N-ethyl adjacent to an activating group) is 1. The first-order valence-corrected chi connectivity index (χ1v) is 12.6. The molecule has 0 radical (unpaired) electrons. The fraction of sp³-hybridized carbons (Fsp3) is 0.320. The molecule has 1 aliphatic rings. The third kappa shape index (κ3) is 5.95. The average molecular weight is 496 g/mol. The molecule has 3 aromatic rings. The molecule has 1 atom stereocenters. The highest BCUT2D eigenvalue weighted by Crippen LogP contribution is 2.28. The summed E-state index contributed by atoms with van der Waals surface area (Å²) >= 11 is 0. The van der Waals surface area contributed by atoms with Crippen LogP contribution in [0.2, 0.25) is 0 Å². The molecular weight excluding hydrogens is 466 g/mol. The summed E-state index contributed by atoms with van der Waals surface area (Å²) in [6.45, 7) is 3.44. The van der Waals surface area contributed by atoms with Crippen molar-refractivity contribution in [2.24, 2.45) is 0 Å². The van der Waals surface area contributed by atoms with E-state index in [4.69, 9.17) is 14.5 Å². The zero-order valence-corrected chi connectivity index (χ0v) is 20.9. The molecule has 0 spiro atoms. The molecule has 4 rings (SSSR count). The number of benzene rings is 1. The van der Waals surface area contributed by atoms with Crippen LogP contribution in [0.4, 0.5) is 11.5 Å². The van der Waals surface area contributed by atoms with Crippen LogP contribution in [0.1, 0.15) is 15.9 Å². The number of pyridine rings is 2. The van der Waals surface area contributed by atoms with Crippen molar-refractivity contribution >= 4 is 28.2 Å². The van der Waals surface area contributed by atoms with Crippen molar-refractivity contribution in [1.29, 1.82) is 0 Å². The number of carbonyl (C=O) groups excluding carboxylic acids is 1. The molecule has 0 aliphatic carbocycles. The molecule has 1 fully saturated rings. The molecule has 9 nitrogen and oxygen atoms in total. The minimum atomic E-state index is -1.61. The first-order valence-electron chi connectivity index (χ1n) is 11.2. The average Bonchev–Trinajstić information content (AvgIpc) is 2.89. The zero-order chi connectivity index (χ0) is 24.8. The number of hydrogen-bond donors (Lipinski definition) is 1. The fourth-order valence-corrected chi connectivity index (χ4v) is 5.06. The number of amides is 1. The Bertz CT molecular complexity index is 1200. The quantitative estimate of drug-likeness (QED) is 0.510. The minimum absolute atomic E-state index is 0.141. The Morgan fingerprint density at radius 3 is 2.46 bits per heavy atom. The highest BCUT2D eigenvalue weighted by atomic mass is 32.2. The number of ether oxygens (including phenoxy) is 2. The maximum atomic E-state index is 13.6. The van der Waals surface area contributed by atoms with E-state index in [1.807, 2.05) is 12.1 Å². The lowest BCUT2D eigenvalue weighted by Crippen LogP contribution is -2.44. The second kappa shape index (κ2) is 11.3. The van der Waals surface area contributed by atoms with Crippen molar-refractivity contribution in [3.63, 3.8) is 0 Å². The summed E-state index contributed by atoms with van der Waals surface area (Å²) < 4.78 is 24.4. The van der Waals surface area contributed by atoms with Crippen molar-refractivity contribution in [1.82, 2.24) is 14.9 Å². The number of aromatic nitrogens is 2. The molecule has 184 valence electrons. The van der Waals surface area contributed by atoms with Gasteiger partial charge in [0, 0.05) is 55.9 Å². The summed E-state index contributed by atoms with van der Waals surface area (Å²) in [5, 5.41) is 3.09. The van der Waals surface area contributed by atoms with Gasteiger partial charge in [-0.05, 0) is 37.4 Å². The lowest BCUT2D eigenvalue weighted by atomic mass is 10.2. The molecule has 0 saturated carbocycles. The maximum absolute atomic E-state index is 13.6. The molecule has 1 aromatic carbocycles. The molecular formula is C25H29N5O4S. The number of hydrogen-bond acceptors (Lipinski definition) is 8. The number of piperazine rings is 1. The highest BCUT2D eigenvalue weighted by molar-refractivity contribution is 7.84. The minimum Gasteiger partial charge on any atom is -0.497 e. The highest BCUT2D eigenvalue weighted by Gasteiger charge is 2.23. The van der Waals surface area contributed by atoms with Gasteiger partial charge in [-0.1, -0.05) is 6.07 Å². The molecule has 1 amide bonds. The van der Waals surface area contributed by atoms with Crippen LogP contribution in [0.3, 0.4) is 0 Å². The van der Waals surface area contributed by atoms with Crippen molar-refractivity contribution in [3.8, 4) is 11.5 Å². The summed E-state index contributed by atoms with van der Waals surface area (Å²) in [6, 6.07) is 12.3. The predicted molar refractivity (Wildman–Crippen MR) is 136 cm³/mol. The number of rotatable bonds is 8. The van der Waals surface area contributed by atoms with Crippen LogP contribution in [0.15, 0.2) is 59.9 Å². The number of methoxy groups -OCH3 is 2. The van der Waals surface area contributed by atoms with Crippen molar-refractivity contribution in [2.45, 2.75) is 10.8 Å². The summed E-state index contributed by atoms with van der Waals surface area (Å²) in [4.78, 5) is 26.3. The van der Waals surface area contributed by atoms with Crippen LogP contribution >= 0.6 is 0 Å². The summed E-state index contributed by atoms with van der Waals surface area (Å²) in [7, 11) is 3.61. The molecule has 0 bridgehead atoms. The van der Waals surface area contributed by atoms with E-state index < -0.39 is 10.8 Å². The monoisotopic (exact) mass is 495 g/mol. The van der Waals surface area contributed by atoms with Crippen LogP contribution in [-0.2, 0) is 16.6 Å². The van der Waals surface area contributed by atoms with E-state index in [2.05, 4.69) is 27.1 Å². The second-order valence-corrected chi connectivity index (χ2v) is 9.54. The summed E-state index contributed by atoms with van der Waals surface area (Å²) in [6.07, 6.45) is 3.19. The van der Waals surface area contributed by atoms with E-state index in [0.717, 1.165) is 31.7 Å². The molecule has 3 heterocycles. The Labute approximate surface area is 207 Å². The normalized spacial score (nSPS) is 14.9. The Morgan fingerprint density at radius 1 is 1.03 bits per heavy atom. The number of nitrogens with one attached hydrogen (secondary N) is 1. The lowest BCUT2D eigenvalue weighted by molar-refractivity contribution is 0.102. The standard InChI is InChI=1S/C25H29N5O4S/c1-29-12-14-30(15-13-29)23-7-6-21(24(31)27-19-8-10-26-11-9-19)25(28-23)35(32)17-18-4-5-20(33-2)16-22(18)34-3/h4-11,16H,12-15,17H2,1-3H3,(H,26,27,31). The van der Waals surface area contributed by atoms with E-state index in [-0.39, 0.29) is 22.2 Å². The van der Waals surface area contributed by atoms with Gasteiger partial charge < -0.3 is 24.6 Å². The number of carbonyl (C=O) groups is 1. The van der Waals surface area contributed by atoms with Crippen LogP contribution in [0.25, 0.3) is 0 Å². The fourth-order valence-electron chi connectivity index (χ4n) is 3.80. The van der Waals surface area contributed by atoms with E-state index in [1.165, 1.54) is 0 Å². The summed E-state index contributed by atoms with van der Waals surface area (Å²) in [5.41, 5.74) is 1.60. The van der Waals surface area contributed by atoms with Gasteiger partial charge in [0.25, 0.3) is 5.91 Å². The van der Waals surface area contributed by atoms with E-state index in [1.54, 1.807) is 56.9 Å². The van der Waals surface area contributed by atoms with Crippen molar-refractivity contribution in [3.05, 3.63) is 66.0 Å². The molecule has 1 saturated heterocycles. The molecule has 1 N–H and O–H groups in total. The SMILES string of the molecule is COc1ccc(CS(=O)c2nc(N3CCN(C)CC3)ccc2C(=O)Nc2ccncc2)c(OC)c1. The summed E-state index contributed by atoms with van der Waals surface area (Å²) in [5.74, 6) is 1.68. The molecule has 1 aliphatic heterocycles. The predicted octanol–water partition coefficient (Wildman–Crippen LogP) is 2.81. The van der Waals surface area contributed by atoms with Crippen LogP contribution in [-0.4, -0.2) is 72.4 Å². The number of anilines is 2. The van der Waals surface area contributed by atoms with E-state index >= 15 is 0 Å². The second-order valence-electron chi connectivity index (χ2n) is 8.17. The van der Waals surface area contributed by atoms with Crippen molar-refractivity contribution < 1.29 is 18.5 Å². The largest absolute Gasteiger partial charge is 0.497 e. The zero-order valence-electron chi connectivity index (χ0n) is 20.1. The van der Waals surface area contributed by atoms with Gasteiger partial charge in [-0.25, -0.2) is 4.98 Å². The van der Waals surface area contributed by atoms with E-state index in [9.17, 15) is 9.00 Å². The third-order valence-corrected chi connectivity index (χ3v) is 7.17. The molecule has 35 heavy (non-hydrogen) atoms. The molecule has 10 heteroatoms. The van der Waals surface area contributed by atoms with Crippen molar-refractivity contribution in [2.75, 3.05) is 57.7 Å². The number of nitrogens with zero attached hydrogens (tertiary/aromatic N) is 4. The van der Waals surface area contributed by atoms with Crippen LogP contribution in [0, 0.1) is 0 Å². The Hall–Kier alpha value is -3.50. The van der Waals surface area contributed by atoms with Gasteiger partial charge in [-0.15, -0.1) is 0 Å². The van der Waals surface area contributed by atoms with Crippen LogP contribution in [0.5, 0.6) is 11.5 Å². The molecule has 1 unspecified atom stereocenters. The Balaban J connectivity index is 1.66. The van der Waals surface area contributed by atoms with Gasteiger partial charge in [0.2, 0.25) is 0 Å². The molecule has 2 aromatic heterocycles. The Morgan fingerprint density at radius 2 is 1.77 bits per heavy atom. The third-order valence-electron chi connectivity index (χ3n) is 5.85. The van der Waals surface area contributed by atoms with Gasteiger partial charge in [-0.3, -0.25) is 14.0 Å². The maximum Gasteiger partial charge on any atom is 0.258 e. The lowest BCUT2D eigenvalue weighted by Gasteiger charge is -2.33. The smallest absolute Gasteiger partial charge is 0.258 e. The first kappa shape index (κ1) is 24.6. The van der Waals surface area contributed by atoms with Gasteiger partial charge in [0.05, 0.1) is 36.3 Å². The van der Waals surface area contributed by atoms with Gasteiger partial charge >= 0.3 is 0 Å². The van der Waals surface area contributed by atoms with Gasteiger partial charge in [-0.2, -0.15) is 0 Å². The first-order chi connectivity index (χ1) is 17.0. The van der Waals surface area contributed by atoms with Crippen LogP contribution < -0.4 is 19.7 Å².